The van der Waals surface area contributed by atoms with Gasteiger partial charge in [-0.2, -0.15) is 0 Å². The highest BCUT2D eigenvalue weighted by Crippen LogP contribution is 2.15. The van der Waals surface area contributed by atoms with Crippen molar-refractivity contribution in [3.05, 3.63) is 60.2 Å². The third-order valence-electron chi connectivity index (χ3n) is 4.43. The van der Waals surface area contributed by atoms with E-state index < -0.39 is 0 Å². The summed E-state index contributed by atoms with van der Waals surface area (Å²) in [6.07, 6.45) is 3.93. The van der Waals surface area contributed by atoms with E-state index in [0.29, 0.717) is 5.75 Å². The Bertz CT molecular complexity index is 750. The summed E-state index contributed by atoms with van der Waals surface area (Å²) in [4.78, 5) is 14.4. The van der Waals surface area contributed by atoms with E-state index in [1.807, 2.05) is 30.3 Å². The van der Waals surface area contributed by atoms with Crippen LogP contribution in [0.15, 0.2) is 54.6 Å². The molecular weight excluding hydrogens is 394 g/mol. The molecule has 2 aromatic carbocycles. The third kappa shape index (κ3) is 7.46. The van der Waals surface area contributed by atoms with Crippen LogP contribution in [0.3, 0.4) is 0 Å². The molecule has 0 atom stereocenters. The van der Waals surface area contributed by atoms with E-state index in [-0.39, 0.29) is 30.0 Å². The SMILES string of the molecule is Cl.O=C(COc1ccccc1)NC(=S)Nc1ccc(CN2CCCCC2)cc1. The largest absolute Gasteiger partial charge is 0.484 e. The fourth-order valence-electron chi connectivity index (χ4n) is 3.06. The second-order valence-corrected chi connectivity index (χ2v) is 7.05. The zero-order chi connectivity index (χ0) is 18.9. The van der Waals surface area contributed by atoms with Crippen LogP contribution in [-0.2, 0) is 11.3 Å². The van der Waals surface area contributed by atoms with Crippen LogP contribution < -0.4 is 15.4 Å². The Labute approximate surface area is 177 Å². The van der Waals surface area contributed by atoms with Crippen LogP contribution in [0.25, 0.3) is 0 Å². The first-order valence-corrected chi connectivity index (χ1v) is 9.70. The Morgan fingerprint density at radius 2 is 1.68 bits per heavy atom. The topological polar surface area (TPSA) is 53.6 Å². The number of carbonyl (C=O) groups is 1. The maximum atomic E-state index is 11.9. The van der Waals surface area contributed by atoms with Crippen LogP contribution in [0.5, 0.6) is 5.75 Å². The number of rotatable bonds is 6. The highest BCUT2D eigenvalue weighted by Gasteiger charge is 2.10. The lowest BCUT2D eigenvalue weighted by atomic mass is 10.1. The summed E-state index contributed by atoms with van der Waals surface area (Å²) >= 11 is 5.20. The van der Waals surface area contributed by atoms with Gasteiger partial charge in [0.2, 0.25) is 0 Å². The molecule has 2 N–H and O–H groups in total. The van der Waals surface area contributed by atoms with Crippen molar-refractivity contribution < 1.29 is 9.53 Å². The first kappa shape index (κ1) is 22.1. The molecule has 0 unspecified atom stereocenters. The van der Waals surface area contributed by atoms with Gasteiger partial charge in [-0.3, -0.25) is 15.0 Å². The molecule has 1 aliphatic rings. The summed E-state index contributed by atoms with van der Waals surface area (Å²) in [7, 11) is 0. The van der Waals surface area contributed by atoms with Crippen LogP contribution >= 0.6 is 24.6 Å². The number of ether oxygens (including phenoxy) is 1. The molecule has 150 valence electrons. The van der Waals surface area contributed by atoms with Crippen LogP contribution in [0.4, 0.5) is 5.69 Å². The van der Waals surface area contributed by atoms with Crippen molar-refractivity contribution >= 4 is 41.3 Å². The number of piperidine rings is 1. The van der Waals surface area contributed by atoms with Crippen molar-refractivity contribution in [3.63, 3.8) is 0 Å². The van der Waals surface area contributed by atoms with Gasteiger partial charge in [0.05, 0.1) is 0 Å². The van der Waals surface area contributed by atoms with Gasteiger partial charge in [0.1, 0.15) is 5.75 Å². The highest BCUT2D eigenvalue weighted by atomic mass is 35.5. The van der Waals surface area contributed by atoms with Crippen molar-refractivity contribution in [1.82, 2.24) is 10.2 Å². The minimum Gasteiger partial charge on any atom is -0.484 e. The van der Waals surface area contributed by atoms with Crippen LogP contribution in [0, 0.1) is 0 Å². The molecule has 7 heteroatoms. The number of anilines is 1. The van der Waals surface area contributed by atoms with E-state index in [1.165, 1.54) is 37.9 Å². The maximum Gasteiger partial charge on any atom is 0.264 e. The molecule has 28 heavy (non-hydrogen) atoms. The molecular formula is C21H26ClN3O2S. The molecule has 0 aromatic heterocycles. The standard InChI is InChI=1S/C21H25N3O2S.ClH/c25-20(16-26-19-7-3-1-4-8-19)23-21(27)22-18-11-9-17(10-12-18)15-24-13-5-2-6-14-24;/h1,3-4,7-12H,2,5-6,13-16H2,(H2,22,23,25,27);1H. The predicted octanol–water partition coefficient (Wildman–Crippen LogP) is 3.99. The van der Waals surface area contributed by atoms with Gasteiger partial charge in [-0.1, -0.05) is 36.8 Å². The van der Waals surface area contributed by atoms with Crippen molar-refractivity contribution in [1.29, 1.82) is 0 Å². The molecule has 1 amide bonds. The number of hydrogen-bond donors (Lipinski definition) is 2. The van der Waals surface area contributed by atoms with E-state index in [0.717, 1.165) is 12.2 Å². The Kier molecular flexibility index (Phi) is 9.20. The van der Waals surface area contributed by atoms with Crippen molar-refractivity contribution in [2.45, 2.75) is 25.8 Å². The van der Waals surface area contributed by atoms with Gasteiger partial charge in [-0.25, -0.2) is 0 Å². The maximum absolute atomic E-state index is 11.9. The molecule has 5 nitrogen and oxygen atoms in total. The number of thiocarbonyl (C=S) groups is 1. The van der Waals surface area contributed by atoms with E-state index in [1.54, 1.807) is 12.1 Å². The lowest BCUT2D eigenvalue weighted by Crippen LogP contribution is -2.37. The van der Waals surface area contributed by atoms with E-state index in [4.69, 9.17) is 17.0 Å². The molecule has 0 aliphatic carbocycles. The first-order chi connectivity index (χ1) is 13.2. The quantitative estimate of drug-likeness (QED) is 0.693. The summed E-state index contributed by atoms with van der Waals surface area (Å²) in [5.74, 6) is 0.355. The number of para-hydroxylation sites is 1. The Morgan fingerprint density at radius 1 is 1.00 bits per heavy atom. The Balaban J connectivity index is 0.00000280. The van der Waals surface area contributed by atoms with E-state index in [2.05, 4.69) is 27.7 Å². The van der Waals surface area contributed by atoms with Crippen LogP contribution in [-0.4, -0.2) is 35.6 Å². The zero-order valence-corrected chi connectivity index (χ0v) is 17.4. The third-order valence-corrected chi connectivity index (χ3v) is 4.64. The smallest absolute Gasteiger partial charge is 0.264 e. The van der Waals surface area contributed by atoms with Gasteiger partial charge >= 0.3 is 0 Å². The second-order valence-electron chi connectivity index (χ2n) is 6.64. The van der Waals surface area contributed by atoms with Gasteiger partial charge < -0.3 is 10.1 Å². The number of hydrogen-bond acceptors (Lipinski definition) is 4. The molecule has 1 fully saturated rings. The number of nitrogens with one attached hydrogen (secondary N) is 2. The molecule has 0 bridgehead atoms. The average molecular weight is 420 g/mol. The first-order valence-electron chi connectivity index (χ1n) is 9.29. The van der Waals surface area contributed by atoms with E-state index in [9.17, 15) is 4.79 Å². The number of amides is 1. The monoisotopic (exact) mass is 419 g/mol. The normalized spacial score (nSPS) is 13.9. The number of halogens is 1. The predicted molar refractivity (Wildman–Crippen MR) is 119 cm³/mol. The summed E-state index contributed by atoms with van der Waals surface area (Å²) in [6.45, 7) is 3.27. The molecule has 1 heterocycles. The molecule has 0 saturated carbocycles. The fourth-order valence-corrected chi connectivity index (χ4v) is 3.29. The lowest BCUT2D eigenvalue weighted by molar-refractivity contribution is -0.121. The Hall–Kier alpha value is -2.15. The number of benzene rings is 2. The molecule has 1 aliphatic heterocycles. The highest BCUT2D eigenvalue weighted by molar-refractivity contribution is 7.80. The van der Waals surface area contributed by atoms with Gasteiger partial charge in [-0.05, 0) is 68.0 Å². The van der Waals surface area contributed by atoms with Crippen LogP contribution in [0.2, 0.25) is 0 Å². The average Bonchev–Trinajstić information content (AvgIpc) is 2.69. The van der Waals surface area contributed by atoms with Gasteiger partial charge in [0, 0.05) is 12.2 Å². The summed E-state index contributed by atoms with van der Waals surface area (Å²) in [6, 6.07) is 17.4. The minimum atomic E-state index is -0.293. The molecule has 0 spiro atoms. The molecule has 0 radical (unpaired) electrons. The van der Waals surface area contributed by atoms with E-state index >= 15 is 0 Å². The van der Waals surface area contributed by atoms with Crippen molar-refractivity contribution in [2.24, 2.45) is 0 Å². The van der Waals surface area contributed by atoms with Gasteiger partial charge in [-0.15, -0.1) is 12.4 Å². The molecule has 2 aromatic rings. The van der Waals surface area contributed by atoms with Crippen molar-refractivity contribution in [2.75, 3.05) is 25.0 Å². The summed E-state index contributed by atoms with van der Waals surface area (Å²) in [5, 5.41) is 5.92. The van der Waals surface area contributed by atoms with Crippen LogP contribution in [0.1, 0.15) is 24.8 Å². The lowest BCUT2D eigenvalue weighted by Gasteiger charge is -2.26. The van der Waals surface area contributed by atoms with Gasteiger partial charge in [0.25, 0.3) is 5.91 Å². The Morgan fingerprint density at radius 3 is 2.36 bits per heavy atom. The minimum absolute atomic E-state index is 0. The fraction of sp³-hybridized carbons (Fsp3) is 0.333. The number of carbonyl (C=O) groups excluding carboxylic acids is 1. The number of nitrogens with zero attached hydrogens (tertiary/aromatic N) is 1. The van der Waals surface area contributed by atoms with Gasteiger partial charge in [0.15, 0.2) is 11.7 Å². The summed E-state index contributed by atoms with van der Waals surface area (Å²) in [5.41, 5.74) is 2.14. The summed E-state index contributed by atoms with van der Waals surface area (Å²) < 4.78 is 5.40. The molecule has 1 saturated heterocycles. The van der Waals surface area contributed by atoms with Crippen molar-refractivity contribution in [3.8, 4) is 5.75 Å². The molecule has 3 rings (SSSR count). The number of likely N-dealkylation sites (tertiary alicyclic amines) is 1. The second kappa shape index (κ2) is 11.6. The zero-order valence-electron chi connectivity index (χ0n) is 15.7.